The zero-order chi connectivity index (χ0) is 22.6. The lowest BCUT2D eigenvalue weighted by Gasteiger charge is -2.26. The Kier molecular flexibility index (Phi) is 6.93. The van der Waals surface area contributed by atoms with Gasteiger partial charge >= 0.3 is 0 Å². The van der Waals surface area contributed by atoms with E-state index >= 15 is 0 Å². The van der Waals surface area contributed by atoms with Gasteiger partial charge in [0.05, 0.1) is 6.04 Å². The Bertz CT molecular complexity index is 975. The lowest BCUT2D eigenvalue weighted by molar-refractivity contribution is -0.223. The molecule has 1 unspecified atom stereocenters. The highest BCUT2D eigenvalue weighted by atomic mass is 35.5. The molecular weight excluding hydrogens is 438 g/mol. The topological polar surface area (TPSA) is 60.4 Å². The van der Waals surface area contributed by atoms with Crippen LogP contribution in [0.15, 0.2) is 47.5 Å². The lowest BCUT2D eigenvalue weighted by Crippen LogP contribution is -2.36. The van der Waals surface area contributed by atoms with E-state index < -0.39 is 0 Å². The van der Waals surface area contributed by atoms with E-state index in [-0.39, 0.29) is 17.9 Å². The molecule has 0 spiro atoms. The number of hydrogen-bond donors (Lipinski definition) is 0. The first-order valence-electron chi connectivity index (χ1n) is 12.0. The van der Waals surface area contributed by atoms with Crippen LogP contribution in [0.2, 0.25) is 5.02 Å². The molecule has 0 aromatic heterocycles. The molecule has 3 aliphatic heterocycles. The highest BCUT2D eigenvalue weighted by molar-refractivity contribution is 6.30. The smallest absolute Gasteiger partial charge is 0.161 e. The maximum Gasteiger partial charge on any atom is 0.161 e. The molecule has 2 aromatic rings. The summed E-state index contributed by atoms with van der Waals surface area (Å²) in [5.74, 6) is 1.57. The fourth-order valence-electron chi connectivity index (χ4n) is 5.03. The van der Waals surface area contributed by atoms with Crippen molar-refractivity contribution in [3.8, 4) is 11.5 Å². The van der Waals surface area contributed by atoms with Crippen LogP contribution in [0.1, 0.15) is 24.8 Å². The minimum Gasteiger partial charge on any atom is -0.862 e. The zero-order valence-electron chi connectivity index (χ0n) is 18.9. The number of aliphatic imine (C=N–C) groups is 1. The Morgan fingerprint density at radius 3 is 2.58 bits per heavy atom. The van der Waals surface area contributed by atoms with E-state index in [2.05, 4.69) is 15.9 Å². The van der Waals surface area contributed by atoms with Crippen LogP contribution < -0.4 is 19.5 Å². The summed E-state index contributed by atoms with van der Waals surface area (Å²) in [6.07, 6.45) is 4.02. The Labute approximate surface area is 200 Å². The van der Waals surface area contributed by atoms with Gasteiger partial charge in [-0.2, -0.15) is 0 Å². The Morgan fingerprint density at radius 1 is 1.03 bits per heavy atom. The van der Waals surface area contributed by atoms with Gasteiger partial charge in [0.25, 0.3) is 0 Å². The molecule has 0 saturated carbocycles. The molecule has 3 heterocycles. The maximum absolute atomic E-state index is 13.2. The first-order valence-corrected chi connectivity index (χ1v) is 12.4. The third-order valence-electron chi connectivity index (χ3n) is 6.78. The van der Waals surface area contributed by atoms with Crippen LogP contribution in [-0.4, -0.2) is 62.8 Å². The Hall–Kier alpha value is -2.44. The average molecular weight is 469 g/mol. The molecule has 7 heteroatoms. The predicted molar refractivity (Wildman–Crippen MR) is 130 cm³/mol. The largest absolute Gasteiger partial charge is 0.862 e. The molecule has 6 nitrogen and oxygen atoms in total. The molecule has 2 atom stereocenters. The van der Waals surface area contributed by atoms with E-state index in [1.807, 2.05) is 36.4 Å². The Morgan fingerprint density at radius 2 is 1.79 bits per heavy atom. The molecule has 2 aromatic carbocycles. The summed E-state index contributed by atoms with van der Waals surface area (Å²) in [5, 5.41) is 13.9. The second-order valence-corrected chi connectivity index (χ2v) is 9.66. The number of halogens is 1. The zero-order valence-corrected chi connectivity index (χ0v) is 19.7. The van der Waals surface area contributed by atoms with Gasteiger partial charge in [0.15, 0.2) is 11.5 Å². The molecule has 0 bridgehead atoms. The summed E-state index contributed by atoms with van der Waals surface area (Å²) < 4.78 is 11.4. The number of fused-ring (bicyclic) bond motifs is 1. The minimum absolute atomic E-state index is 0.0354. The molecule has 3 aliphatic rings. The molecule has 2 fully saturated rings. The van der Waals surface area contributed by atoms with Gasteiger partial charge < -0.3 is 29.4 Å². The van der Waals surface area contributed by atoms with Crippen molar-refractivity contribution in [3.05, 3.63) is 53.1 Å². The number of ether oxygens (including phenoxy) is 2. The number of benzene rings is 2. The molecule has 2 saturated heterocycles. The maximum atomic E-state index is 13.2. The summed E-state index contributed by atoms with van der Waals surface area (Å²) in [6.45, 7) is 5.75. The van der Waals surface area contributed by atoms with Crippen LogP contribution in [0.4, 0.5) is 5.69 Å². The fraction of sp³-hybridized carbons (Fsp3) is 0.500. The van der Waals surface area contributed by atoms with Crippen LogP contribution >= 0.6 is 11.6 Å². The van der Waals surface area contributed by atoms with Gasteiger partial charge in [-0.15, -0.1) is 0 Å². The summed E-state index contributed by atoms with van der Waals surface area (Å²) >= 11 is 6.02. The van der Waals surface area contributed by atoms with Gasteiger partial charge in [0.1, 0.15) is 13.2 Å². The van der Waals surface area contributed by atoms with Gasteiger partial charge in [0, 0.05) is 36.3 Å². The van der Waals surface area contributed by atoms with E-state index in [9.17, 15) is 5.11 Å². The van der Waals surface area contributed by atoms with Crippen LogP contribution in [0.5, 0.6) is 11.5 Å². The van der Waals surface area contributed by atoms with Crippen molar-refractivity contribution in [1.29, 1.82) is 0 Å². The van der Waals surface area contributed by atoms with Gasteiger partial charge in [-0.3, -0.25) is 0 Å². The van der Waals surface area contributed by atoms with Crippen LogP contribution in [0.25, 0.3) is 0 Å². The molecule has 0 amide bonds. The second kappa shape index (κ2) is 10.2. The van der Waals surface area contributed by atoms with Crippen LogP contribution in [-0.2, 0) is 6.42 Å². The molecular formula is C26H31ClN3O3-. The first-order chi connectivity index (χ1) is 16.1. The predicted octanol–water partition coefficient (Wildman–Crippen LogP) is 3.40. The van der Waals surface area contributed by atoms with Gasteiger partial charge in [0.2, 0.25) is 0 Å². The molecule has 0 radical (unpaired) electrons. The van der Waals surface area contributed by atoms with Crippen LogP contribution in [0.3, 0.4) is 0 Å². The van der Waals surface area contributed by atoms with Gasteiger partial charge in [-0.05, 0) is 86.6 Å². The van der Waals surface area contributed by atoms with Crippen molar-refractivity contribution in [2.75, 3.05) is 50.8 Å². The molecule has 0 N–H and O–H groups in total. The molecule has 5 rings (SSSR count). The quantitative estimate of drug-likeness (QED) is 0.460. The summed E-state index contributed by atoms with van der Waals surface area (Å²) in [7, 11) is 0. The highest BCUT2D eigenvalue weighted by Crippen LogP contribution is 2.31. The second-order valence-electron chi connectivity index (χ2n) is 9.22. The minimum atomic E-state index is -0.0537. The van der Waals surface area contributed by atoms with Crippen molar-refractivity contribution in [1.82, 2.24) is 4.90 Å². The van der Waals surface area contributed by atoms with Gasteiger partial charge in [-0.25, -0.2) is 0 Å². The van der Waals surface area contributed by atoms with Gasteiger partial charge in [-0.1, -0.05) is 17.7 Å². The van der Waals surface area contributed by atoms with E-state index in [0.717, 1.165) is 66.8 Å². The van der Waals surface area contributed by atoms with E-state index in [1.54, 1.807) is 0 Å². The normalized spacial score (nSPS) is 22.0. The van der Waals surface area contributed by atoms with Crippen LogP contribution in [0, 0.1) is 5.92 Å². The van der Waals surface area contributed by atoms with Crippen molar-refractivity contribution in [3.63, 3.8) is 0 Å². The van der Waals surface area contributed by atoms with E-state index in [0.29, 0.717) is 19.8 Å². The van der Waals surface area contributed by atoms with E-state index in [1.165, 1.54) is 12.8 Å². The number of rotatable bonds is 7. The molecule has 176 valence electrons. The standard InChI is InChI=1S/C26H32ClN3O3/c27-21-4-6-23(7-5-21)30-12-9-20(17-30)26(31)28-22(18-29-10-1-2-11-29)15-19-3-8-24-25(16-19)33-14-13-32-24/h3-8,16,20,22H,1-2,9-15,17-18H2,(H,28,31)/p-1/t20-,22?/m1/s1. The summed E-state index contributed by atoms with van der Waals surface area (Å²) in [5.41, 5.74) is 2.24. The number of anilines is 1. The van der Waals surface area contributed by atoms with Crippen molar-refractivity contribution < 1.29 is 14.6 Å². The fourth-order valence-corrected chi connectivity index (χ4v) is 5.16. The van der Waals surface area contributed by atoms with Crippen molar-refractivity contribution >= 4 is 23.2 Å². The number of likely N-dealkylation sites (tertiary alicyclic amines) is 1. The lowest BCUT2D eigenvalue weighted by atomic mass is 10.0. The summed E-state index contributed by atoms with van der Waals surface area (Å²) in [4.78, 5) is 9.46. The number of nitrogens with zero attached hydrogens (tertiary/aromatic N) is 3. The SMILES string of the molecule is [O-]C(=NC(Cc1ccc2c(c1)OCCO2)CN1CCCC1)[C@@H]1CCN(c2ccc(Cl)cc2)C1. The van der Waals surface area contributed by atoms with Crippen molar-refractivity contribution in [2.45, 2.75) is 31.7 Å². The average Bonchev–Trinajstić information content (AvgIpc) is 3.52. The summed E-state index contributed by atoms with van der Waals surface area (Å²) in [6, 6.07) is 13.9. The molecule has 33 heavy (non-hydrogen) atoms. The Balaban J connectivity index is 1.29. The van der Waals surface area contributed by atoms with E-state index in [4.69, 9.17) is 26.1 Å². The molecule has 0 aliphatic carbocycles. The monoisotopic (exact) mass is 468 g/mol. The first kappa shape index (κ1) is 22.4. The van der Waals surface area contributed by atoms with Crippen molar-refractivity contribution in [2.24, 2.45) is 10.9 Å². The highest BCUT2D eigenvalue weighted by Gasteiger charge is 2.25. The third-order valence-corrected chi connectivity index (χ3v) is 7.04. The third kappa shape index (κ3) is 5.56. The number of hydrogen-bond acceptors (Lipinski definition) is 6.